The fraction of sp³-hybridized carbons (Fsp3) is 1.00. The second-order valence-corrected chi connectivity index (χ2v) is 5.37. The van der Waals surface area contributed by atoms with Gasteiger partial charge in [0.1, 0.15) is 0 Å². The Labute approximate surface area is 97.2 Å². The third-order valence-corrected chi connectivity index (χ3v) is 4.00. The summed E-state index contributed by atoms with van der Waals surface area (Å²) < 4.78 is 34.7. The molecular weight excluding hydrogens is 234 g/mol. The molecule has 7 heteroatoms. The van der Waals surface area contributed by atoms with Crippen LogP contribution >= 0.6 is 0 Å². The lowest BCUT2D eigenvalue weighted by Gasteiger charge is -2.21. The third kappa shape index (κ3) is 6.39. The first-order valence-electron chi connectivity index (χ1n) is 5.15. The molecule has 0 heterocycles. The standard InChI is InChI=1S/C9H21NO5S/c1-14-7-4-10(5-8-15-2)16(12,13)9-3-6-11/h11H,3-9H2,1-2H3. The van der Waals surface area contributed by atoms with Gasteiger partial charge in [-0.1, -0.05) is 0 Å². The van der Waals surface area contributed by atoms with Crippen molar-refractivity contribution >= 4 is 10.0 Å². The van der Waals surface area contributed by atoms with E-state index in [0.29, 0.717) is 26.3 Å². The summed E-state index contributed by atoms with van der Waals surface area (Å²) in [6.45, 7) is 1.20. The van der Waals surface area contributed by atoms with Crippen molar-refractivity contribution in [1.82, 2.24) is 4.31 Å². The highest BCUT2D eigenvalue weighted by Crippen LogP contribution is 2.03. The van der Waals surface area contributed by atoms with E-state index in [0.717, 1.165) is 0 Å². The van der Waals surface area contributed by atoms with E-state index >= 15 is 0 Å². The molecule has 0 saturated carbocycles. The van der Waals surface area contributed by atoms with Crippen LogP contribution in [0.5, 0.6) is 0 Å². The normalized spacial score (nSPS) is 12.2. The summed E-state index contributed by atoms with van der Waals surface area (Å²) >= 11 is 0. The van der Waals surface area contributed by atoms with Gasteiger partial charge in [-0.15, -0.1) is 0 Å². The molecule has 0 rings (SSSR count). The maximum absolute atomic E-state index is 11.8. The molecule has 0 aromatic heterocycles. The highest BCUT2D eigenvalue weighted by molar-refractivity contribution is 7.89. The van der Waals surface area contributed by atoms with Crippen molar-refractivity contribution < 1.29 is 23.0 Å². The number of ether oxygens (including phenoxy) is 2. The summed E-state index contributed by atoms with van der Waals surface area (Å²) in [6.07, 6.45) is 0.249. The van der Waals surface area contributed by atoms with Gasteiger partial charge >= 0.3 is 0 Å². The molecule has 0 unspecified atom stereocenters. The van der Waals surface area contributed by atoms with E-state index < -0.39 is 10.0 Å². The Morgan fingerprint density at radius 3 is 2.00 bits per heavy atom. The lowest BCUT2D eigenvalue weighted by molar-refractivity contribution is 0.150. The fourth-order valence-electron chi connectivity index (χ4n) is 1.15. The van der Waals surface area contributed by atoms with E-state index in [4.69, 9.17) is 14.6 Å². The molecule has 0 aromatic rings. The topological polar surface area (TPSA) is 76.1 Å². The molecule has 6 nitrogen and oxygen atoms in total. The second kappa shape index (κ2) is 8.89. The number of aliphatic hydroxyl groups is 1. The molecule has 98 valence electrons. The summed E-state index contributed by atoms with van der Waals surface area (Å²) in [5.74, 6) is -0.0447. The lowest BCUT2D eigenvalue weighted by atomic mass is 10.5. The monoisotopic (exact) mass is 255 g/mol. The molecule has 0 aliphatic carbocycles. The Hall–Kier alpha value is -0.210. The summed E-state index contributed by atoms with van der Waals surface area (Å²) in [4.78, 5) is 0. The number of rotatable bonds is 10. The average Bonchev–Trinajstić information content (AvgIpc) is 2.26. The molecular formula is C9H21NO5S. The van der Waals surface area contributed by atoms with Crippen LogP contribution < -0.4 is 0 Å². The Kier molecular flexibility index (Phi) is 8.77. The number of sulfonamides is 1. The van der Waals surface area contributed by atoms with Crippen LogP contribution in [0.2, 0.25) is 0 Å². The van der Waals surface area contributed by atoms with Gasteiger partial charge in [0.05, 0.1) is 19.0 Å². The Balaban J connectivity index is 4.33. The first-order valence-corrected chi connectivity index (χ1v) is 6.76. The van der Waals surface area contributed by atoms with Crippen molar-refractivity contribution in [3.63, 3.8) is 0 Å². The highest BCUT2D eigenvalue weighted by Gasteiger charge is 2.20. The van der Waals surface area contributed by atoms with Gasteiger partial charge in [0, 0.05) is 33.9 Å². The van der Waals surface area contributed by atoms with Crippen LogP contribution in [-0.4, -0.2) is 70.7 Å². The molecule has 0 aliphatic heterocycles. The van der Waals surface area contributed by atoms with Gasteiger partial charge in [0.2, 0.25) is 10.0 Å². The predicted octanol–water partition coefficient (Wildman–Crippen LogP) is -0.707. The van der Waals surface area contributed by atoms with Crippen molar-refractivity contribution in [1.29, 1.82) is 0 Å². The fourth-order valence-corrected chi connectivity index (χ4v) is 2.61. The summed E-state index contributed by atoms with van der Waals surface area (Å²) in [6, 6.07) is 0. The maximum Gasteiger partial charge on any atom is 0.214 e. The van der Waals surface area contributed by atoms with E-state index in [1.807, 2.05) is 0 Å². The predicted molar refractivity (Wildman–Crippen MR) is 60.8 cm³/mol. The van der Waals surface area contributed by atoms with Gasteiger partial charge in [-0.25, -0.2) is 8.42 Å². The van der Waals surface area contributed by atoms with E-state index in [-0.39, 0.29) is 18.8 Å². The van der Waals surface area contributed by atoms with Crippen LogP contribution in [0.3, 0.4) is 0 Å². The maximum atomic E-state index is 11.8. The zero-order valence-corrected chi connectivity index (χ0v) is 10.7. The summed E-state index contributed by atoms with van der Waals surface area (Å²) in [7, 11) is -0.270. The SMILES string of the molecule is COCCN(CCOC)S(=O)(=O)CCCO. The van der Waals surface area contributed by atoms with Crippen molar-refractivity contribution in [2.24, 2.45) is 0 Å². The van der Waals surface area contributed by atoms with Crippen LogP contribution in [-0.2, 0) is 19.5 Å². The minimum atomic E-state index is -3.32. The van der Waals surface area contributed by atoms with Crippen molar-refractivity contribution in [3.8, 4) is 0 Å². The number of hydrogen-bond acceptors (Lipinski definition) is 5. The minimum absolute atomic E-state index is 0.0447. The Bertz CT molecular complexity index is 247. The zero-order valence-electron chi connectivity index (χ0n) is 9.89. The van der Waals surface area contributed by atoms with Gasteiger partial charge in [-0.2, -0.15) is 4.31 Å². The molecule has 0 bridgehead atoms. The van der Waals surface area contributed by atoms with Crippen molar-refractivity contribution in [3.05, 3.63) is 0 Å². The van der Waals surface area contributed by atoms with Crippen LogP contribution in [0.4, 0.5) is 0 Å². The number of nitrogens with zero attached hydrogens (tertiary/aromatic N) is 1. The molecule has 0 aromatic carbocycles. The zero-order chi connectivity index (χ0) is 12.4. The van der Waals surface area contributed by atoms with Gasteiger partial charge < -0.3 is 14.6 Å². The highest BCUT2D eigenvalue weighted by atomic mass is 32.2. The first kappa shape index (κ1) is 15.8. The van der Waals surface area contributed by atoms with Gasteiger partial charge in [-0.3, -0.25) is 0 Å². The number of methoxy groups -OCH3 is 2. The third-order valence-electron chi connectivity index (χ3n) is 2.04. The molecule has 0 amide bonds. The molecule has 0 atom stereocenters. The van der Waals surface area contributed by atoms with Crippen molar-refractivity contribution in [2.75, 3.05) is 52.9 Å². The Morgan fingerprint density at radius 2 is 1.62 bits per heavy atom. The van der Waals surface area contributed by atoms with E-state index in [1.165, 1.54) is 18.5 Å². The molecule has 0 aliphatic rings. The second-order valence-electron chi connectivity index (χ2n) is 3.28. The molecule has 0 radical (unpaired) electrons. The van der Waals surface area contributed by atoms with E-state index in [1.54, 1.807) is 0 Å². The van der Waals surface area contributed by atoms with Crippen LogP contribution in [0.15, 0.2) is 0 Å². The number of aliphatic hydroxyl groups excluding tert-OH is 1. The van der Waals surface area contributed by atoms with Gasteiger partial charge in [0.25, 0.3) is 0 Å². The molecule has 0 saturated heterocycles. The van der Waals surface area contributed by atoms with Crippen LogP contribution in [0.1, 0.15) is 6.42 Å². The largest absolute Gasteiger partial charge is 0.396 e. The molecule has 0 spiro atoms. The Morgan fingerprint density at radius 1 is 1.12 bits per heavy atom. The lowest BCUT2D eigenvalue weighted by Crippen LogP contribution is -2.38. The summed E-state index contributed by atoms with van der Waals surface area (Å²) in [5, 5.41) is 8.63. The molecule has 1 N–H and O–H groups in total. The van der Waals surface area contributed by atoms with Crippen molar-refractivity contribution in [2.45, 2.75) is 6.42 Å². The average molecular weight is 255 g/mol. The van der Waals surface area contributed by atoms with E-state index in [2.05, 4.69) is 0 Å². The first-order chi connectivity index (χ1) is 7.58. The smallest absolute Gasteiger partial charge is 0.214 e. The molecule has 0 fully saturated rings. The van der Waals surface area contributed by atoms with Gasteiger partial charge in [-0.05, 0) is 6.42 Å². The van der Waals surface area contributed by atoms with Gasteiger partial charge in [0.15, 0.2) is 0 Å². The minimum Gasteiger partial charge on any atom is -0.396 e. The van der Waals surface area contributed by atoms with Crippen LogP contribution in [0.25, 0.3) is 0 Å². The summed E-state index contributed by atoms with van der Waals surface area (Å²) in [5.41, 5.74) is 0. The van der Waals surface area contributed by atoms with Crippen LogP contribution in [0, 0.1) is 0 Å². The molecule has 16 heavy (non-hydrogen) atoms. The quantitative estimate of drug-likeness (QED) is 0.558. The number of hydrogen-bond donors (Lipinski definition) is 1. The van der Waals surface area contributed by atoms with E-state index in [9.17, 15) is 8.42 Å².